The average Bonchev–Trinajstić information content (AvgIpc) is 3.18. The average molecular weight is 443 g/mol. The van der Waals surface area contributed by atoms with Crippen LogP contribution in [-0.4, -0.2) is 23.7 Å². The fourth-order valence-corrected chi connectivity index (χ4v) is 4.37. The number of fused-ring (bicyclic) bond motifs is 1. The number of aliphatic carboxylic acids is 1. The van der Waals surface area contributed by atoms with Crippen LogP contribution in [0.15, 0.2) is 54.6 Å². The zero-order valence-electron chi connectivity index (χ0n) is 16.1. The second kappa shape index (κ2) is 8.38. The van der Waals surface area contributed by atoms with Crippen LogP contribution in [0.3, 0.4) is 0 Å². The Hall–Kier alpha value is -3.03. The normalized spacial score (nSPS) is 14.1. The zero-order valence-corrected chi connectivity index (χ0v) is 17.7. The molecule has 1 atom stereocenters. The number of anilines is 2. The van der Waals surface area contributed by atoms with Gasteiger partial charge in [-0.1, -0.05) is 24.6 Å². The fraction of sp³-hybridized carbons (Fsp3) is 0.182. The number of amides is 1. The van der Waals surface area contributed by atoms with E-state index >= 15 is 0 Å². The van der Waals surface area contributed by atoms with E-state index in [-0.39, 0.29) is 12.6 Å². The molecule has 0 aliphatic carbocycles. The molecule has 154 valence electrons. The van der Waals surface area contributed by atoms with Crippen LogP contribution in [0.1, 0.15) is 33.8 Å². The molecule has 1 aliphatic heterocycles. The van der Waals surface area contributed by atoms with Crippen LogP contribution >= 0.6 is 22.9 Å². The molecule has 0 fully saturated rings. The van der Waals surface area contributed by atoms with Crippen LogP contribution in [0.2, 0.25) is 4.34 Å². The Bertz CT molecular complexity index is 1100. The summed E-state index contributed by atoms with van der Waals surface area (Å²) in [5.74, 6) is -0.532. The van der Waals surface area contributed by atoms with E-state index in [2.05, 4.69) is 5.32 Å². The minimum absolute atomic E-state index is 0.121. The number of ether oxygens (including phenoxy) is 1. The molecular weight excluding hydrogens is 424 g/mol. The molecule has 1 unspecified atom stereocenters. The van der Waals surface area contributed by atoms with Gasteiger partial charge in [-0.3, -0.25) is 9.69 Å². The minimum atomic E-state index is -1.000. The van der Waals surface area contributed by atoms with Gasteiger partial charge in [-0.05, 0) is 60.5 Å². The highest BCUT2D eigenvalue weighted by Crippen LogP contribution is 2.32. The van der Waals surface area contributed by atoms with Crippen molar-refractivity contribution >= 4 is 46.2 Å². The van der Waals surface area contributed by atoms with Gasteiger partial charge in [0.15, 0.2) is 12.8 Å². The highest BCUT2D eigenvalue weighted by atomic mass is 35.5. The number of hydrogen-bond acceptors (Lipinski definition) is 5. The Morgan fingerprint density at radius 2 is 2.00 bits per heavy atom. The van der Waals surface area contributed by atoms with Crippen LogP contribution in [0.5, 0.6) is 5.75 Å². The summed E-state index contributed by atoms with van der Waals surface area (Å²) < 4.78 is 6.28. The van der Waals surface area contributed by atoms with Crippen molar-refractivity contribution in [3.05, 3.63) is 74.9 Å². The molecule has 1 aromatic heterocycles. The van der Waals surface area contributed by atoms with Crippen molar-refractivity contribution in [3.63, 3.8) is 0 Å². The molecule has 0 saturated carbocycles. The monoisotopic (exact) mass is 442 g/mol. The second-order valence-electron chi connectivity index (χ2n) is 6.80. The summed E-state index contributed by atoms with van der Waals surface area (Å²) in [6, 6.07) is 15.1. The SMILES string of the molecule is CCc1ccc2c(c1)C(=O)N(c1ccc(NC(C(=O)O)c3ccc(Cl)s3)cc1)CO2. The maximum Gasteiger partial charge on any atom is 0.331 e. The predicted molar refractivity (Wildman–Crippen MR) is 118 cm³/mol. The van der Waals surface area contributed by atoms with Crippen molar-refractivity contribution in [2.24, 2.45) is 0 Å². The van der Waals surface area contributed by atoms with E-state index in [4.69, 9.17) is 16.3 Å². The molecule has 1 amide bonds. The number of aryl methyl sites for hydroxylation is 1. The van der Waals surface area contributed by atoms with Gasteiger partial charge in [0.25, 0.3) is 5.91 Å². The lowest BCUT2D eigenvalue weighted by Gasteiger charge is -2.29. The van der Waals surface area contributed by atoms with Crippen molar-refractivity contribution < 1.29 is 19.4 Å². The molecule has 0 bridgehead atoms. The number of halogens is 1. The molecule has 4 rings (SSSR count). The Balaban J connectivity index is 1.53. The standard InChI is InChI=1S/C22H19ClN2O4S/c1-2-13-3-8-17-16(11-13)21(26)25(12-29-17)15-6-4-14(5-7-15)24-20(22(27)28)18-9-10-19(23)30-18/h3-11,20,24H,2,12H2,1H3,(H,27,28). The number of carbonyl (C=O) groups is 2. The maximum atomic E-state index is 13.0. The first-order valence-corrected chi connectivity index (χ1v) is 10.6. The summed E-state index contributed by atoms with van der Waals surface area (Å²) in [6.45, 7) is 2.16. The van der Waals surface area contributed by atoms with Gasteiger partial charge in [-0.25, -0.2) is 4.79 Å². The van der Waals surface area contributed by atoms with Crippen LogP contribution < -0.4 is 15.0 Å². The smallest absolute Gasteiger partial charge is 0.331 e. The van der Waals surface area contributed by atoms with Gasteiger partial charge in [-0.2, -0.15) is 0 Å². The van der Waals surface area contributed by atoms with Crippen molar-refractivity contribution in [3.8, 4) is 5.75 Å². The molecule has 8 heteroatoms. The van der Waals surface area contributed by atoms with E-state index in [0.717, 1.165) is 12.0 Å². The van der Waals surface area contributed by atoms with Gasteiger partial charge >= 0.3 is 5.97 Å². The summed E-state index contributed by atoms with van der Waals surface area (Å²) in [4.78, 5) is 26.8. The molecule has 2 aromatic carbocycles. The van der Waals surface area contributed by atoms with E-state index in [1.165, 1.54) is 11.3 Å². The molecule has 0 spiro atoms. The van der Waals surface area contributed by atoms with Crippen LogP contribution in [0, 0.1) is 0 Å². The summed E-state index contributed by atoms with van der Waals surface area (Å²) in [5, 5.41) is 12.6. The van der Waals surface area contributed by atoms with Gasteiger partial charge in [0, 0.05) is 16.3 Å². The number of thiophene rings is 1. The molecule has 2 heterocycles. The van der Waals surface area contributed by atoms with Crippen LogP contribution in [0.25, 0.3) is 0 Å². The number of carboxylic acids is 1. The van der Waals surface area contributed by atoms with Gasteiger partial charge < -0.3 is 15.2 Å². The number of benzene rings is 2. The number of carboxylic acid groups (broad SMARTS) is 1. The van der Waals surface area contributed by atoms with Gasteiger partial charge in [-0.15, -0.1) is 11.3 Å². The number of nitrogens with one attached hydrogen (secondary N) is 1. The third-order valence-corrected chi connectivity index (χ3v) is 6.19. The maximum absolute atomic E-state index is 13.0. The van der Waals surface area contributed by atoms with E-state index in [0.29, 0.717) is 31.9 Å². The van der Waals surface area contributed by atoms with Crippen molar-refractivity contribution in [2.75, 3.05) is 16.9 Å². The number of rotatable bonds is 6. The summed E-state index contributed by atoms with van der Waals surface area (Å²) in [6.07, 6.45) is 0.834. The van der Waals surface area contributed by atoms with E-state index in [1.807, 2.05) is 25.1 Å². The van der Waals surface area contributed by atoms with E-state index in [1.54, 1.807) is 41.3 Å². The highest BCUT2D eigenvalue weighted by molar-refractivity contribution is 7.16. The third-order valence-electron chi connectivity index (χ3n) is 4.89. The molecule has 0 radical (unpaired) electrons. The second-order valence-corrected chi connectivity index (χ2v) is 8.54. The van der Waals surface area contributed by atoms with Crippen molar-refractivity contribution in [2.45, 2.75) is 19.4 Å². The minimum Gasteiger partial charge on any atom is -0.479 e. The zero-order chi connectivity index (χ0) is 21.3. The number of hydrogen-bond donors (Lipinski definition) is 2. The first-order chi connectivity index (χ1) is 14.5. The quantitative estimate of drug-likeness (QED) is 0.548. The Morgan fingerprint density at radius 3 is 2.63 bits per heavy atom. The Morgan fingerprint density at radius 1 is 1.23 bits per heavy atom. The van der Waals surface area contributed by atoms with Crippen molar-refractivity contribution in [1.29, 1.82) is 0 Å². The topological polar surface area (TPSA) is 78.9 Å². The van der Waals surface area contributed by atoms with Crippen molar-refractivity contribution in [1.82, 2.24) is 0 Å². The molecule has 6 nitrogen and oxygen atoms in total. The summed E-state index contributed by atoms with van der Waals surface area (Å²) >= 11 is 7.15. The fourth-order valence-electron chi connectivity index (χ4n) is 3.26. The number of nitrogens with zero attached hydrogens (tertiary/aromatic N) is 1. The molecule has 0 saturated heterocycles. The van der Waals surface area contributed by atoms with E-state index in [9.17, 15) is 14.7 Å². The first kappa shape index (κ1) is 20.3. The molecule has 30 heavy (non-hydrogen) atoms. The first-order valence-electron chi connectivity index (χ1n) is 9.38. The molecule has 3 aromatic rings. The van der Waals surface area contributed by atoms with Gasteiger partial charge in [0.2, 0.25) is 0 Å². The Labute approximate surface area is 182 Å². The third kappa shape index (κ3) is 3.99. The van der Waals surface area contributed by atoms with E-state index < -0.39 is 12.0 Å². The number of carbonyl (C=O) groups excluding carboxylic acids is 1. The predicted octanol–water partition coefficient (Wildman–Crippen LogP) is 5.20. The Kier molecular flexibility index (Phi) is 5.65. The summed E-state index contributed by atoms with van der Waals surface area (Å²) in [5.41, 5.74) is 2.91. The molecule has 2 N–H and O–H groups in total. The summed E-state index contributed by atoms with van der Waals surface area (Å²) in [7, 11) is 0. The lowest BCUT2D eigenvalue weighted by Crippen LogP contribution is -2.38. The molecule has 1 aliphatic rings. The van der Waals surface area contributed by atoms with Crippen LogP contribution in [0.4, 0.5) is 11.4 Å². The van der Waals surface area contributed by atoms with Gasteiger partial charge in [0.05, 0.1) is 9.90 Å². The van der Waals surface area contributed by atoms with Gasteiger partial charge in [0.1, 0.15) is 5.75 Å². The lowest BCUT2D eigenvalue weighted by molar-refractivity contribution is -0.138. The highest BCUT2D eigenvalue weighted by Gasteiger charge is 2.27. The molecular formula is C22H19ClN2O4S. The lowest BCUT2D eigenvalue weighted by atomic mass is 10.1. The largest absolute Gasteiger partial charge is 0.479 e. The van der Waals surface area contributed by atoms with Crippen LogP contribution in [-0.2, 0) is 11.2 Å².